The van der Waals surface area contributed by atoms with Gasteiger partial charge in [0, 0.05) is 41.7 Å². The molecule has 164 valence electrons. The normalized spacial score (nSPS) is 20.9. The molecule has 1 aromatic heterocycles. The first-order chi connectivity index (χ1) is 13.6. The number of aromatic nitrogens is 1. The van der Waals surface area contributed by atoms with E-state index in [1.54, 1.807) is 0 Å². The molecule has 2 rings (SSSR count). The van der Waals surface area contributed by atoms with Crippen LogP contribution in [0.4, 0.5) is 0 Å². The van der Waals surface area contributed by atoms with Crippen LogP contribution in [0.1, 0.15) is 91.3 Å². The fraction of sp³-hybridized carbons (Fsp3) is 0.760. The van der Waals surface area contributed by atoms with Gasteiger partial charge in [-0.1, -0.05) is 19.4 Å². The van der Waals surface area contributed by atoms with Crippen LogP contribution in [0.15, 0.2) is 18.3 Å². The summed E-state index contributed by atoms with van der Waals surface area (Å²) < 4.78 is 6.31. The number of nitrogens with one attached hydrogen (secondary N) is 1. The van der Waals surface area contributed by atoms with Crippen LogP contribution in [0.2, 0.25) is 0 Å². The fourth-order valence-corrected chi connectivity index (χ4v) is 4.94. The van der Waals surface area contributed by atoms with Gasteiger partial charge in [0.2, 0.25) is 0 Å². The Labute approximate surface area is 179 Å². The Hall–Kier alpha value is -1.26. The molecular formula is C25H43N3O. The van der Waals surface area contributed by atoms with Gasteiger partial charge >= 0.3 is 0 Å². The summed E-state index contributed by atoms with van der Waals surface area (Å²) in [5.41, 5.74) is 3.12. The molecule has 2 heterocycles. The Morgan fingerprint density at radius 1 is 1.21 bits per heavy atom. The summed E-state index contributed by atoms with van der Waals surface area (Å²) in [6.45, 7) is 18.3. The van der Waals surface area contributed by atoms with Gasteiger partial charge in [0.05, 0.1) is 5.60 Å². The van der Waals surface area contributed by atoms with Crippen molar-refractivity contribution in [3.63, 3.8) is 0 Å². The van der Waals surface area contributed by atoms with E-state index in [0.717, 1.165) is 69.6 Å². The molecular weight excluding hydrogens is 358 g/mol. The number of nitrogens with zero attached hydrogens (tertiary/aromatic N) is 2. The topological polar surface area (TPSA) is 49.2 Å². The van der Waals surface area contributed by atoms with E-state index in [4.69, 9.17) is 10.1 Å². The smallest absolute Gasteiger partial charge is 0.0695 e. The van der Waals surface area contributed by atoms with Gasteiger partial charge in [-0.05, 0) is 91.8 Å². The molecule has 0 radical (unpaired) electrons. The van der Waals surface area contributed by atoms with Crippen LogP contribution in [0, 0.1) is 17.7 Å². The third-order valence-corrected chi connectivity index (χ3v) is 7.23. The fourth-order valence-electron chi connectivity index (χ4n) is 4.94. The highest BCUT2D eigenvalue weighted by atomic mass is 16.5. The molecule has 0 unspecified atom stereocenters. The number of pyridine rings is 1. The molecule has 0 spiro atoms. The van der Waals surface area contributed by atoms with Gasteiger partial charge in [0.1, 0.15) is 0 Å². The third-order valence-electron chi connectivity index (χ3n) is 7.23. The lowest BCUT2D eigenvalue weighted by atomic mass is 9.69. The van der Waals surface area contributed by atoms with Crippen molar-refractivity contribution in [1.82, 2.24) is 9.88 Å². The maximum absolute atomic E-state index is 8.18. The highest BCUT2D eigenvalue weighted by Gasteiger charge is 2.52. The summed E-state index contributed by atoms with van der Waals surface area (Å²) in [6.07, 6.45) is 8.30. The highest BCUT2D eigenvalue weighted by Crippen LogP contribution is 2.49. The maximum atomic E-state index is 8.18. The zero-order chi connectivity index (χ0) is 21.7. The van der Waals surface area contributed by atoms with Gasteiger partial charge in [-0.2, -0.15) is 0 Å². The molecule has 1 aliphatic rings. The van der Waals surface area contributed by atoms with E-state index in [0.29, 0.717) is 0 Å². The van der Waals surface area contributed by atoms with E-state index in [1.807, 2.05) is 13.1 Å². The Balaban J connectivity index is 2.20. The van der Waals surface area contributed by atoms with Crippen molar-refractivity contribution in [2.45, 2.75) is 98.1 Å². The first-order valence-corrected chi connectivity index (χ1v) is 11.5. The van der Waals surface area contributed by atoms with E-state index < -0.39 is 0 Å². The first kappa shape index (κ1) is 24.0. The van der Waals surface area contributed by atoms with Crippen LogP contribution in [-0.2, 0) is 10.3 Å². The molecule has 4 nitrogen and oxygen atoms in total. The lowest BCUT2D eigenvalue weighted by Crippen LogP contribution is -2.50. The second-order valence-electron chi connectivity index (χ2n) is 9.85. The molecule has 1 N–H and O–H groups in total. The van der Waals surface area contributed by atoms with Crippen molar-refractivity contribution in [1.29, 1.82) is 5.41 Å². The second-order valence-corrected chi connectivity index (χ2v) is 9.85. The monoisotopic (exact) mass is 401 g/mol. The summed E-state index contributed by atoms with van der Waals surface area (Å²) in [5.74, 6) is 0. The predicted molar refractivity (Wildman–Crippen MR) is 123 cm³/mol. The summed E-state index contributed by atoms with van der Waals surface area (Å²) in [4.78, 5) is 7.17. The van der Waals surface area contributed by atoms with Crippen molar-refractivity contribution in [2.75, 3.05) is 19.7 Å². The zero-order valence-corrected chi connectivity index (χ0v) is 19.9. The van der Waals surface area contributed by atoms with Crippen LogP contribution in [0.3, 0.4) is 0 Å². The van der Waals surface area contributed by atoms with Crippen molar-refractivity contribution in [3.05, 3.63) is 29.6 Å². The molecule has 0 saturated carbocycles. The van der Waals surface area contributed by atoms with E-state index >= 15 is 0 Å². The van der Waals surface area contributed by atoms with Crippen LogP contribution in [-0.4, -0.2) is 40.9 Å². The lowest BCUT2D eigenvalue weighted by Gasteiger charge is -2.46. The van der Waals surface area contributed by atoms with E-state index in [9.17, 15) is 0 Å². The number of ether oxygens (including phenoxy) is 1. The molecule has 0 aliphatic carbocycles. The van der Waals surface area contributed by atoms with Crippen LogP contribution >= 0.6 is 0 Å². The van der Waals surface area contributed by atoms with Gasteiger partial charge in [-0.15, -0.1) is 0 Å². The number of aryl methyl sites for hydroxylation is 1. The van der Waals surface area contributed by atoms with Crippen LogP contribution in [0.25, 0.3) is 0 Å². The highest BCUT2D eigenvalue weighted by molar-refractivity contribution is 5.81. The molecule has 1 atom stereocenters. The molecule has 1 fully saturated rings. The van der Waals surface area contributed by atoms with Gasteiger partial charge in [-0.25, -0.2) is 0 Å². The van der Waals surface area contributed by atoms with Gasteiger partial charge in [-0.3, -0.25) is 9.88 Å². The minimum absolute atomic E-state index is 0.0559. The van der Waals surface area contributed by atoms with Gasteiger partial charge < -0.3 is 10.1 Å². The standard InChI is InChI=1S/C25H43N3O/c1-8-11-22(26)12-10-15-25(24(6,7)29-9-2)16-17-28(19-25)23(4,5)21-14-13-20(3)27-18-21/h13-14,18,26H,8-12,15-17,19H2,1-7H3/t25-/m1/s1. The third kappa shape index (κ3) is 5.46. The van der Waals surface area contributed by atoms with Gasteiger partial charge in [0.15, 0.2) is 0 Å². The Morgan fingerprint density at radius 2 is 1.93 bits per heavy atom. The molecule has 0 amide bonds. The minimum atomic E-state index is -0.176. The van der Waals surface area contributed by atoms with Crippen molar-refractivity contribution < 1.29 is 4.74 Å². The summed E-state index contributed by atoms with van der Waals surface area (Å²) in [5, 5.41) is 8.18. The molecule has 0 aromatic carbocycles. The molecule has 1 aromatic rings. The molecule has 1 aliphatic heterocycles. The summed E-state index contributed by atoms with van der Waals surface area (Å²) >= 11 is 0. The lowest BCUT2D eigenvalue weighted by molar-refractivity contribution is -0.110. The summed E-state index contributed by atoms with van der Waals surface area (Å²) in [6, 6.07) is 4.34. The SMILES string of the molecule is CCCC(=N)CCC[C@@]1(C(C)(C)OCC)CCN(C(C)(C)c2ccc(C)nc2)C1. The summed E-state index contributed by atoms with van der Waals surface area (Å²) in [7, 11) is 0. The number of likely N-dealkylation sites (tertiary alicyclic amines) is 1. The molecule has 0 bridgehead atoms. The van der Waals surface area contributed by atoms with Crippen molar-refractivity contribution in [3.8, 4) is 0 Å². The molecule has 4 heteroatoms. The minimum Gasteiger partial charge on any atom is -0.375 e. The number of rotatable bonds is 11. The first-order valence-electron chi connectivity index (χ1n) is 11.5. The van der Waals surface area contributed by atoms with Crippen molar-refractivity contribution >= 4 is 5.71 Å². The van der Waals surface area contributed by atoms with Crippen LogP contribution in [0.5, 0.6) is 0 Å². The van der Waals surface area contributed by atoms with E-state index in [-0.39, 0.29) is 16.6 Å². The van der Waals surface area contributed by atoms with E-state index in [1.165, 1.54) is 5.56 Å². The quantitative estimate of drug-likeness (QED) is 0.454. The number of hydrogen-bond donors (Lipinski definition) is 1. The van der Waals surface area contributed by atoms with E-state index in [2.05, 4.69) is 63.6 Å². The average Bonchev–Trinajstić information content (AvgIpc) is 3.09. The number of hydrogen-bond acceptors (Lipinski definition) is 4. The Bertz CT molecular complexity index is 665. The second kappa shape index (κ2) is 9.70. The maximum Gasteiger partial charge on any atom is 0.0695 e. The van der Waals surface area contributed by atoms with Crippen molar-refractivity contribution in [2.24, 2.45) is 5.41 Å². The largest absolute Gasteiger partial charge is 0.375 e. The zero-order valence-electron chi connectivity index (χ0n) is 19.9. The average molecular weight is 402 g/mol. The molecule has 1 saturated heterocycles. The predicted octanol–water partition coefficient (Wildman–Crippen LogP) is 6.12. The Morgan fingerprint density at radius 3 is 2.52 bits per heavy atom. The van der Waals surface area contributed by atoms with Crippen LogP contribution < -0.4 is 0 Å². The van der Waals surface area contributed by atoms with Gasteiger partial charge in [0.25, 0.3) is 0 Å². The Kier molecular flexibility index (Phi) is 8.03. The molecule has 29 heavy (non-hydrogen) atoms.